The highest BCUT2D eigenvalue weighted by molar-refractivity contribution is 6.33. The topological polar surface area (TPSA) is 26.0 Å². The van der Waals surface area contributed by atoms with Gasteiger partial charge < -0.3 is 5.73 Å². The van der Waals surface area contributed by atoms with Crippen LogP contribution in [0.3, 0.4) is 0 Å². The monoisotopic (exact) mass is 199 g/mol. The van der Waals surface area contributed by atoms with Gasteiger partial charge in [-0.25, -0.2) is 0 Å². The summed E-state index contributed by atoms with van der Waals surface area (Å²) in [5, 5.41) is 0.524. The third kappa shape index (κ3) is 2.34. The molecule has 0 aliphatic carbocycles. The number of nitrogens with two attached hydrogens (primary N) is 1. The molecule has 0 bridgehead atoms. The van der Waals surface area contributed by atoms with E-state index < -0.39 is 0 Å². The first-order valence-electron chi connectivity index (χ1n) is 3.34. The molecule has 0 saturated heterocycles. The lowest BCUT2D eigenvalue weighted by Gasteiger charge is -1.96. The molecular weight excluding hydrogens is 193 g/mol. The fraction of sp³-hybridized carbons (Fsp3) is 0.111. The Morgan fingerprint density at radius 2 is 2.17 bits per heavy atom. The molecular formula is C9H7Cl2N. The molecule has 0 unspecified atom stereocenters. The molecule has 12 heavy (non-hydrogen) atoms. The van der Waals surface area contributed by atoms with E-state index in [0.29, 0.717) is 16.6 Å². The first-order chi connectivity index (χ1) is 5.74. The fourth-order valence-electron chi connectivity index (χ4n) is 0.740. The SMILES string of the molecule is Nc1ccc(C#CCCl)cc1Cl. The standard InChI is InChI=1S/C9H7Cl2N/c10-5-1-2-7-3-4-9(12)8(11)6-7/h3-4,6H,5,12H2. The van der Waals surface area contributed by atoms with Gasteiger partial charge in [0, 0.05) is 5.56 Å². The molecule has 0 heterocycles. The maximum absolute atomic E-state index is 5.77. The predicted octanol–water partition coefficient (Wildman–Crippen LogP) is 2.51. The zero-order valence-electron chi connectivity index (χ0n) is 6.27. The predicted molar refractivity (Wildman–Crippen MR) is 53.5 cm³/mol. The van der Waals surface area contributed by atoms with Gasteiger partial charge in [0.15, 0.2) is 0 Å². The summed E-state index contributed by atoms with van der Waals surface area (Å²) in [7, 11) is 0. The highest BCUT2D eigenvalue weighted by atomic mass is 35.5. The number of benzene rings is 1. The minimum absolute atomic E-state index is 0.321. The Bertz CT molecular complexity index is 336. The van der Waals surface area contributed by atoms with E-state index in [1.165, 1.54) is 0 Å². The molecule has 0 aliphatic rings. The van der Waals surface area contributed by atoms with Crippen molar-refractivity contribution in [2.45, 2.75) is 0 Å². The number of hydrogen-bond donors (Lipinski definition) is 1. The second kappa shape index (κ2) is 4.25. The van der Waals surface area contributed by atoms with Crippen LogP contribution in [0.4, 0.5) is 5.69 Å². The number of anilines is 1. The summed E-state index contributed by atoms with van der Waals surface area (Å²) in [6, 6.07) is 5.25. The second-order valence-electron chi connectivity index (χ2n) is 2.17. The normalized spacial score (nSPS) is 8.83. The van der Waals surface area contributed by atoms with Crippen LogP contribution in [0.25, 0.3) is 0 Å². The van der Waals surface area contributed by atoms with Gasteiger partial charge in [-0.2, -0.15) is 0 Å². The molecule has 0 amide bonds. The van der Waals surface area contributed by atoms with E-state index in [4.69, 9.17) is 28.9 Å². The number of rotatable bonds is 0. The summed E-state index contributed by atoms with van der Waals surface area (Å²) in [6.45, 7) is 0. The van der Waals surface area contributed by atoms with Gasteiger partial charge in [0.1, 0.15) is 0 Å². The van der Waals surface area contributed by atoms with Crippen LogP contribution in [0.2, 0.25) is 5.02 Å². The molecule has 1 aromatic carbocycles. The van der Waals surface area contributed by atoms with Crippen LogP contribution in [-0.4, -0.2) is 5.88 Å². The average Bonchev–Trinajstić information content (AvgIpc) is 2.07. The lowest BCUT2D eigenvalue weighted by Crippen LogP contribution is -1.86. The highest BCUT2D eigenvalue weighted by Gasteiger charge is 1.94. The first kappa shape index (κ1) is 9.25. The van der Waals surface area contributed by atoms with Gasteiger partial charge in [0.25, 0.3) is 0 Å². The van der Waals surface area contributed by atoms with Crippen molar-refractivity contribution in [3.05, 3.63) is 28.8 Å². The minimum atomic E-state index is 0.321. The molecule has 2 N–H and O–H groups in total. The summed E-state index contributed by atoms with van der Waals surface area (Å²) >= 11 is 11.2. The number of halogens is 2. The van der Waals surface area contributed by atoms with Crippen LogP contribution in [0, 0.1) is 11.8 Å². The average molecular weight is 200 g/mol. The quantitative estimate of drug-likeness (QED) is 0.388. The summed E-state index contributed by atoms with van der Waals surface area (Å²) < 4.78 is 0. The third-order valence-corrected chi connectivity index (χ3v) is 1.76. The van der Waals surface area contributed by atoms with Crippen LogP contribution in [-0.2, 0) is 0 Å². The molecule has 1 nitrogen and oxygen atoms in total. The van der Waals surface area contributed by atoms with Gasteiger partial charge in [-0.05, 0) is 18.2 Å². The Morgan fingerprint density at radius 3 is 2.75 bits per heavy atom. The minimum Gasteiger partial charge on any atom is -0.398 e. The zero-order chi connectivity index (χ0) is 8.97. The molecule has 3 heteroatoms. The van der Waals surface area contributed by atoms with E-state index in [0.717, 1.165) is 5.56 Å². The van der Waals surface area contributed by atoms with Crippen molar-refractivity contribution in [2.24, 2.45) is 0 Å². The van der Waals surface area contributed by atoms with Gasteiger partial charge in [-0.15, -0.1) is 11.6 Å². The third-order valence-electron chi connectivity index (χ3n) is 1.30. The lowest BCUT2D eigenvalue weighted by molar-refractivity contribution is 1.63. The van der Waals surface area contributed by atoms with Crippen LogP contribution in [0.1, 0.15) is 5.56 Å². The lowest BCUT2D eigenvalue weighted by atomic mass is 10.2. The van der Waals surface area contributed by atoms with Gasteiger partial charge in [-0.3, -0.25) is 0 Å². The molecule has 0 radical (unpaired) electrons. The van der Waals surface area contributed by atoms with E-state index in [2.05, 4.69) is 11.8 Å². The fourth-order valence-corrected chi connectivity index (χ4v) is 0.988. The molecule has 0 aromatic heterocycles. The van der Waals surface area contributed by atoms with E-state index in [1.807, 2.05) is 0 Å². The Morgan fingerprint density at radius 1 is 1.42 bits per heavy atom. The number of hydrogen-bond acceptors (Lipinski definition) is 1. The molecule has 0 saturated carbocycles. The molecule has 0 spiro atoms. The maximum atomic E-state index is 5.77. The summed E-state index contributed by atoms with van der Waals surface area (Å²) in [4.78, 5) is 0. The smallest absolute Gasteiger partial charge is 0.0839 e. The van der Waals surface area contributed by atoms with Gasteiger partial charge in [0.2, 0.25) is 0 Å². The van der Waals surface area contributed by atoms with Crippen molar-refractivity contribution in [1.29, 1.82) is 0 Å². The summed E-state index contributed by atoms with van der Waals surface area (Å²) in [5.41, 5.74) is 6.90. The Hall–Kier alpha value is -0.840. The van der Waals surface area contributed by atoms with Gasteiger partial charge in [0.05, 0.1) is 16.6 Å². The molecule has 0 fully saturated rings. The molecule has 0 aliphatic heterocycles. The Kier molecular flexibility index (Phi) is 3.28. The van der Waals surface area contributed by atoms with Gasteiger partial charge in [-0.1, -0.05) is 23.4 Å². The van der Waals surface area contributed by atoms with Crippen molar-refractivity contribution in [3.8, 4) is 11.8 Å². The second-order valence-corrected chi connectivity index (χ2v) is 2.85. The molecule has 0 atom stereocenters. The van der Waals surface area contributed by atoms with E-state index in [1.54, 1.807) is 18.2 Å². The summed E-state index contributed by atoms with van der Waals surface area (Å²) in [6.07, 6.45) is 0. The Balaban J connectivity index is 2.97. The van der Waals surface area contributed by atoms with E-state index in [-0.39, 0.29) is 0 Å². The zero-order valence-corrected chi connectivity index (χ0v) is 7.78. The van der Waals surface area contributed by atoms with E-state index in [9.17, 15) is 0 Å². The van der Waals surface area contributed by atoms with Crippen LogP contribution >= 0.6 is 23.2 Å². The summed E-state index contributed by atoms with van der Waals surface area (Å²) in [5.74, 6) is 5.89. The van der Waals surface area contributed by atoms with Crippen molar-refractivity contribution < 1.29 is 0 Å². The van der Waals surface area contributed by atoms with Crippen molar-refractivity contribution in [1.82, 2.24) is 0 Å². The highest BCUT2D eigenvalue weighted by Crippen LogP contribution is 2.18. The van der Waals surface area contributed by atoms with Crippen LogP contribution < -0.4 is 5.73 Å². The maximum Gasteiger partial charge on any atom is 0.0839 e. The molecule has 1 aromatic rings. The number of nitrogen functional groups attached to an aromatic ring is 1. The van der Waals surface area contributed by atoms with Crippen LogP contribution in [0.15, 0.2) is 18.2 Å². The van der Waals surface area contributed by atoms with Crippen LogP contribution in [0.5, 0.6) is 0 Å². The van der Waals surface area contributed by atoms with Crippen molar-refractivity contribution in [3.63, 3.8) is 0 Å². The molecule has 1 rings (SSSR count). The van der Waals surface area contributed by atoms with Crippen molar-refractivity contribution in [2.75, 3.05) is 11.6 Å². The number of alkyl halides is 1. The van der Waals surface area contributed by atoms with Crippen molar-refractivity contribution >= 4 is 28.9 Å². The Labute approximate surface area is 81.5 Å². The van der Waals surface area contributed by atoms with Gasteiger partial charge >= 0.3 is 0 Å². The molecule has 62 valence electrons. The first-order valence-corrected chi connectivity index (χ1v) is 4.25. The van der Waals surface area contributed by atoms with E-state index >= 15 is 0 Å². The largest absolute Gasteiger partial charge is 0.398 e.